The van der Waals surface area contributed by atoms with E-state index in [2.05, 4.69) is 41.9 Å². The van der Waals surface area contributed by atoms with E-state index in [0.717, 1.165) is 22.5 Å². The maximum absolute atomic E-state index is 9.51. The molecule has 1 unspecified atom stereocenters. The van der Waals surface area contributed by atoms with Crippen molar-refractivity contribution < 1.29 is 4.74 Å². The fraction of sp³-hybridized carbons (Fsp3) is 0.375. The Labute approximate surface area is 188 Å². The van der Waals surface area contributed by atoms with Crippen molar-refractivity contribution in [2.24, 2.45) is 12.8 Å². The summed E-state index contributed by atoms with van der Waals surface area (Å²) in [4.78, 5) is 9.03. The molecule has 3 rings (SSSR count). The Kier molecular flexibility index (Phi) is 6.99. The average Bonchev–Trinajstić information content (AvgIpc) is 3.17. The Morgan fingerprint density at radius 1 is 1.16 bits per heavy atom. The lowest BCUT2D eigenvalue weighted by Crippen LogP contribution is -2.13. The quantitative estimate of drug-likeness (QED) is 0.611. The van der Waals surface area contributed by atoms with Gasteiger partial charge in [0, 0.05) is 30.4 Å². The average molecular weight is 430 g/mol. The van der Waals surface area contributed by atoms with E-state index in [1.54, 1.807) is 29.2 Å². The summed E-state index contributed by atoms with van der Waals surface area (Å²) in [6, 6.07) is 11.5. The first-order valence-corrected chi connectivity index (χ1v) is 10.4. The largest absolute Gasteiger partial charge is 0.352 e. The van der Waals surface area contributed by atoms with Crippen molar-refractivity contribution in [1.29, 1.82) is 10.5 Å². The zero-order chi connectivity index (χ0) is 23.3. The monoisotopic (exact) mass is 429 g/mol. The van der Waals surface area contributed by atoms with Crippen LogP contribution in [0.5, 0.6) is 0 Å². The van der Waals surface area contributed by atoms with Crippen LogP contribution in [-0.2, 0) is 23.6 Å². The maximum Gasteiger partial charge on any atom is 0.159 e. The summed E-state index contributed by atoms with van der Waals surface area (Å²) in [5, 5.41) is 23.4. The van der Waals surface area contributed by atoms with Crippen LogP contribution in [0.4, 0.5) is 0 Å². The predicted molar refractivity (Wildman–Crippen MR) is 120 cm³/mol. The van der Waals surface area contributed by atoms with Gasteiger partial charge in [0.2, 0.25) is 0 Å². The minimum atomic E-state index is -0.626. The van der Waals surface area contributed by atoms with Crippen molar-refractivity contribution in [3.05, 3.63) is 64.7 Å². The summed E-state index contributed by atoms with van der Waals surface area (Å²) in [7, 11) is 1.85. The van der Waals surface area contributed by atoms with Gasteiger partial charge in [0.05, 0.1) is 29.1 Å². The first-order valence-electron chi connectivity index (χ1n) is 10.4. The van der Waals surface area contributed by atoms with Crippen LogP contribution < -0.4 is 5.73 Å². The molecule has 3 aromatic rings. The SMILES string of the molecule is Cn1nc(C(C)(C)C)cc1C(OCC#N)c1cc(C#N)ccc1-c1ncc(CCN)cn1. The smallest absolute Gasteiger partial charge is 0.159 e. The maximum atomic E-state index is 9.51. The van der Waals surface area contributed by atoms with Gasteiger partial charge in [-0.1, -0.05) is 20.8 Å². The zero-order valence-electron chi connectivity index (χ0n) is 18.8. The van der Waals surface area contributed by atoms with Crippen LogP contribution in [0.3, 0.4) is 0 Å². The number of nitriles is 2. The third-order valence-corrected chi connectivity index (χ3v) is 5.11. The molecule has 2 N–H and O–H groups in total. The minimum absolute atomic E-state index is 0.118. The zero-order valence-corrected chi connectivity index (χ0v) is 18.8. The molecule has 0 aliphatic rings. The van der Waals surface area contributed by atoms with Gasteiger partial charge in [-0.15, -0.1) is 0 Å². The van der Waals surface area contributed by atoms with Crippen LogP contribution in [0.25, 0.3) is 11.4 Å². The molecular formula is C24H27N7O. The van der Waals surface area contributed by atoms with Crippen LogP contribution in [-0.4, -0.2) is 32.9 Å². The molecule has 1 atom stereocenters. The highest BCUT2D eigenvalue weighted by atomic mass is 16.5. The van der Waals surface area contributed by atoms with E-state index in [-0.39, 0.29) is 12.0 Å². The Balaban J connectivity index is 2.17. The normalized spacial score (nSPS) is 12.2. The molecule has 2 aromatic heterocycles. The number of nitrogens with two attached hydrogens (primary N) is 1. The molecule has 0 aliphatic heterocycles. The molecule has 0 fully saturated rings. The topological polar surface area (TPSA) is 126 Å². The van der Waals surface area contributed by atoms with Crippen molar-refractivity contribution >= 4 is 0 Å². The predicted octanol–water partition coefficient (Wildman–Crippen LogP) is 3.18. The lowest BCUT2D eigenvalue weighted by Gasteiger charge is -2.20. The number of hydrogen-bond acceptors (Lipinski definition) is 7. The van der Waals surface area contributed by atoms with Crippen LogP contribution >= 0.6 is 0 Å². The number of nitrogens with zero attached hydrogens (tertiary/aromatic N) is 6. The van der Waals surface area contributed by atoms with Gasteiger partial charge in [0.25, 0.3) is 0 Å². The molecule has 1 aromatic carbocycles. The van der Waals surface area contributed by atoms with Crippen molar-refractivity contribution in [1.82, 2.24) is 19.7 Å². The summed E-state index contributed by atoms with van der Waals surface area (Å²) in [5.41, 5.74) is 10.0. The van der Waals surface area contributed by atoms with Crippen molar-refractivity contribution in [3.63, 3.8) is 0 Å². The molecule has 32 heavy (non-hydrogen) atoms. The molecule has 0 saturated heterocycles. The van der Waals surface area contributed by atoms with Crippen molar-refractivity contribution in [3.8, 4) is 23.5 Å². The van der Waals surface area contributed by atoms with Crippen molar-refractivity contribution in [2.75, 3.05) is 13.2 Å². The molecule has 8 nitrogen and oxygen atoms in total. The summed E-state index contributed by atoms with van der Waals surface area (Å²) >= 11 is 0. The van der Waals surface area contributed by atoms with E-state index in [1.165, 1.54) is 0 Å². The third-order valence-electron chi connectivity index (χ3n) is 5.11. The molecule has 0 bridgehead atoms. The first-order chi connectivity index (χ1) is 15.3. The molecule has 0 saturated carbocycles. The van der Waals surface area contributed by atoms with E-state index in [4.69, 9.17) is 10.5 Å². The number of benzene rings is 1. The van der Waals surface area contributed by atoms with Crippen LogP contribution in [0.1, 0.15) is 55.0 Å². The number of ether oxygens (including phenoxy) is 1. The van der Waals surface area contributed by atoms with Gasteiger partial charge in [-0.05, 0) is 48.4 Å². The molecule has 0 radical (unpaired) electrons. The highest BCUT2D eigenvalue weighted by Gasteiger charge is 2.27. The third kappa shape index (κ3) is 5.00. The fourth-order valence-corrected chi connectivity index (χ4v) is 3.39. The minimum Gasteiger partial charge on any atom is -0.352 e. The van der Waals surface area contributed by atoms with Crippen LogP contribution in [0, 0.1) is 22.7 Å². The van der Waals surface area contributed by atoms with E-state index in [9.17, 15) is 10.5 Å². The standard InChI is InChI=1S/C24H27N7O/c1-24(2,3)21-12-20(31(4)30-21)22(32-10-9-26)19-11-16(13-27)5-6-18(19)23-28-14-17(7-8-25)15-29-23/h5-6,11-12,14-15,22H,7-8,10,25H2,1-4H3. The van der Waals surface area contributed by atoms with Gasteiger partial charge in [0.15, 0.2) is 5.82 Å². The van der Waals surface area contributed by atoms with Crippen LogP contribution in [0.15, 0.2) is 36.7 Å². The van der Waals surface area contributed by atoms with E-state index in [0.29, 0.717) is 29.9 Å². The molecule has 164 valence electrons. The molecule has 2 heterocycles. The number of aromatic nitrogens is 4. The van der Waals surface area contributed by atoms with Gasteiger partial charge >= 0.3 is 0 Å². The summed E-state index contributed by atoms with van der Waals surface area (Å²) in [6.45, 7) is 6.66. The van der Waals surface area contributed by atoms with E-state index >= 15 is 0 Å². The molecule has 8 heteroatoms. The Morgan fingerprint density at radius 2 is 1.88 bits per heavy atom. The van der Waals surface area contributed by atoms with Crippen molar-refractivity contribution in [2.45, 2.75) is 38.7 Å². The lowest BCUT2D eigenvalue weighted by molar-refractivity contribution is 0.101. The molecule has 0 aliphatic carbocycles. The Hall–Kier alpha value is -3.59. The second-order valence-corrected chi connectivity index (χ2v) is 8.54. The first kappa shape index (κ1) is 23.1. The van der Waals surface area contributed by atoms with Gasteiger partial charge in [-0.2, -0.15) is 15.6 Å². The molecular weight excluding hydrogens is 402 g/mol. The second-order valence-electron chi connectivity index (χ2n) is 8.54. The Bertz CT molecular complexity index is 1160. The second kappa shape index (κ2) is 9.69. The Morgan fingerprint density at radius 3 is 2.44 bits per heavy atom. The summed E-state index contributed by atoms with van der Waals surface area (Å²) < 4.78 is 7.75. The number of rotatable bonds is 7. The van der Waals surface area contributed by atoms with Gasteiger partial charge < -0.3 is 10.5 Å². The van der Waals surface area contributed by atoms with Gasteiger partial charge in [-0.3, -0.25) is 4.68 Å². The van der Waals surface area contributed by atoms with Gasteiger partial charge in [0.1, 0.15) is 12.7 Å². The van der Waals surface area contributed by atoms with Crippen LogP contribution in [0.2, 0.25) is 0 Å². The summed E-state index contributed by atoms with van der Waals surface area (Å²) in [5.74, 6) is 0.508. The highest BCUT2D eigenvalue weighted by Crippen LogP contribution is 2.35. The van der Waals surface area contributed by atoms with Gasteiger partial charge in [-0.25, -0.2) is 9.97 Å². The number of hydrogen-bond donors (Lipinski definition) is 1. The molecule has 0 spiro atoms. The summed E-state index contributed by atoms with van der Waals surface area (Å²) in [6.07, 6.45) is 3.58. The van der Waals surface area contributed by atoms with E-state index < -0.39 is 6.10 Å². The molecule has 0 amide bonds. The number of aryl methyl sites for hydroxylation is 1. The highest BCUT2D eigenvalue weighted by molar-refractivity contribution is 5.63. The van der Waals surface area contributed by atoms with E-state index in [1.807, 2.05) is 25.2 Å². The fourth-order valence-electron chi connectivity index (χ4n) is 3.39. The lowest BCUT2D eigenvalue weighted by atomic mass is 9.91.